The van der Waals surface area contributed by atoms with Gasteiger partial charge in [0.2, 0.25) is 10.0 Å². The van der Waals surface area contributed by atoms with E-state index in [9.17, 15) is 8.42 Å². The van der Waals surface area contributed by atoms with Crippen LogP contribution in [0, 0.1) is 6.92 Å². The Morgan fingerprint density at radius 3 is 2.62 bits per heavy atom. The molecule has 1 aromatic heterocycles. The standard InChI is InChI=1S/C14H17ClN2O2S2/c1-3-21(18,19)17-13-5-4-11(8-10(13)2)16-9-14-12(15)6-7-20-14/h4-8,16-17H,3,9H2,1-2H3. The first kappa shape index (κ1) is 16.1. The Labute approximate surface area is 134 Å². The molecule has 0 fully saturated rings. The molecule has 4 nitrogen and oxygen atoms in total. The van der Waals surface area contributed by atoms with Crippen molar-refractivity contribution in [2.75, 3.05) is 15.8 Å². The highest BCUT2D eigenvalue weighted by molar-refractivity contribution is 7.92. The first-order chi connectivity index (χ1) is 9.91. The lowest BCUT2D eigenvalue weighted by Gasteiger charge is -2.12. The van der Waals surface area contributed by atoms with Crippen LogP contribution in [-0.4, -0.2) is 14.2 Å². The summed E-state index contributed by atoms with van der Waals surface area (Å²) < 4.78 is 25.7. The van der Waals surface area contributed by atoms with Crippen LogP contribution in [0.15, 0.2) is 29.6 Å². The van der Waals surface area contributed by atoms with Crippen LogP contribution >= 0.6 is 22.9 Å². The summed E-state index contributed by atoms with van der Waals surface area (Å²) in [6.45, 7) is 4.13. The van der Waals surface area contributed by atoms with Crippen LogP contribution in [0.25, 0.3) is 0 Å². The zero-order valence-corrected chi connectivity index (χ0v) is 14.2. The molecule has 2 N–H and O–H groups in total. The number of nitrogens with one attached hydrogen (secondary N) is 2. The summed E-state index contributed by atoms with van der Waals surface area (Å²) in [5.41, 5.74) is 2.40. The molecule has 0 bridgehead atoms. The normalized spacial score (nSPS) is 11.4. The topological polar surface area (TPSA) is 58.2 Å². The van der Waals surface area contributed by atoms with Crippen LogP contribution in [0.5, 0.6) is 0 Å². The fourth-order valence-electron chi connectivity index (χ4n) is 1.76. The molecule has 0 aliphatic carbocycles. The molecule has 7 heteroatoms. The Balaban J connectivity index is 2.07. The van der Waals surface area contributed by atoms with Gasteiger partial charge in [0.15, 0.2) is 0 Å². The molecule has 0 amide bonds. The molecule has 0 spiro atoms. The fourth-order valence-corrected chi connectivity index (χ4v) is 3.51. The third-order valence-corrected chi connectivity index (χ3v) is 5.69. The lowest BCUT2D eigenvalue weighted by atomic mass is 10.2. The summed E-state index contributed by atoms with van der Waals surface area (Å²) in [5.74, 6) is 0.0588. The van der Waals surface area contributed by atoms with E-state index in [1.807, 2.05) is 30.5 Å². The smallest absolute Gasteiger partial charge is 0.232 e. The summed E-state index contributed by atoms with van der Waals surface area (Å²) in [6.07, 6.45) is 0. The first-order valence-corrected chi connectivity index (χ1v) is 9.39. The maximum atomic E-state index is 11.6. The molecule has 0 atom stereocenters. The number of hydrogen-bond acceptors (Lipinski definition) is 4. The Bertz CT molecular complexity index is 726. The average Bonchev–Trinajstić information content (AvgIpc) is 2.85. The van der Waals surface area contributed by atoms with Crippen LogP contribution in [0.1, 0.15) is 17.4 Å². The molecular weight excluding hydrogens is 328 g/mol. The monoisotopic (exact) mass is 344 g/mol. The van der Waals surface area contributed by atoms with E-state index in [2.05, 4.69) is 10.0 Å². The van der Waals surface area contributed by atoms with Gasteiger partial charge >= 0.3 is 0 Å². The third kappa shape index (κ3) is 4.36. The maximum absolute atomic E-state index is 11.6. The average molecular weight is 345 g/mol. The molecule has 2 rings (SSSR count). The van der Waals surface area contributed by atoms with E-state index in [-0.39, 0.29) is 5.75 Å². The number of anilines is 2. The van der Waals surface area contributed by atoms with Gasteiger partial charge < -0.3 is 5.32 Å². The van der Waals surface area contributed by atoms with E-state index in [1.165, 1.54) is 0 Å². The summed E-state index contributed by atoms with van der Waals surface area (Å²) in [6, 6.07) is 7.40. The Kier molecular flexibility index (Phi) is 5.13. The molecule has 1 heterocycles. The summed E-state index contributed by atoms with van der Waals surface area (Å²) in [7, 11) is -3.25. The summed E-state index contributed by atoms with van der Waals surface area (Å²) in [5, 5.41) is 5.99. The van der Waals surface area contributed by atoms with Crippen LogP contribution in [0.2, 0.25) is 5.02 Å². The number of sulfonamides is 1. The van der Waals surface area contributed by atoms with Crippen molar-refractivity contribution >= 4 is 44.3 Å². The van der Waals surface area contributed by atoms with Gasteiger partial charge in [-0.15, -0.1) is 11.3 Å². The van der Waals surface area contributed by atoms with E-state index in [1.54, 1.807) is 24.3 Å². The lowest BCUT2D eigenvalue weighted by Crippen LogP contribution is -2.15. The number of hydrogen-bond donors (Lipinski definition) is 2. The quantitative estimate of drug-likeness (QED) is 0.830. The molecule has 0 unspecified atom stereocenters. The van der Waals surface area contributed by atoms with Crippen molar-refractivity contribution in [1.29, 1.82) is 0 Å². The predicted molar refractivity (Wildman–Crippen MR) is 90.9 cm³/mol. The largest absolute Gasteiger partial charge is 0.380 e. The second-order valence-corrected chi connectivity index (χ2v) is 8.00. The van der Waals surface area contributed by atoms with Gasteiger partial charge in [0.05, 0.1) is 23.0 Å². The Morgan fingerprint density at radius 1 is 1.29 bits per heavy atom. The molecular formula is C14H17ClN2O2S2. The summed E-state index contributed by atoms with van der Waals surface area (Å²) >= 11 is 7.65. The fraction of sp³-hybridized carbons (Fsp3) is 0.286. The van der Waals surface area contributed by atoms with Gasteiger partial charge in [0, 0.05) is 10.6 Å². The van der Waals surface area contributed by atoms with E-state index < -0.39 is 10.0 Å². The highest BCUT2D eigenvalue weighted by atomic mass is 35.5. The molecule has 21 heavy (non-hydrogen) atoms. The number of rotatable bonds is 6. The minimum Gasteiger partial charge on any atom is -0.380 e. The molecule has 0 aliphatic rings. The van der Waals surface area contributed by atoms with Gasteiger partial charge in [-0.1, -0.05) is 11.6 Å². The zero-order valence-electron chi connectivity index (χ0n) is 11.8. The maximum Gasteiger partial charge on any atom is 0.232 e. The lowest BCUT2D eigenvalue weighted by molar-refractivity contribution is 0.602. The van der Waals surface area contributed by atoms with E-state index in [4.69, 9.17) is 11.6 Å². The SMILES string of the molecule is CCS(=O)(=O)Nc1ccc(NCc2sccc2Cl)cc1C. The van der Waals surface area contributed by atoms with E-state index >= 15 is 0 Å². The highest BCUT2D eigenvalue weighted by Crippen LogP contribution is 2.25. The molecule has 2 aromatic rings. The minimum absolute atomic E-state index is 0.0588. The number of benzene rings is 1. The van der Waals surface area contributed by atoms with Crippen molar-refractivity contribution < 1.29 is 8.42 Å². The molecule has 0 saturated heterocycles. The predicted octanol–water partition coefficient (Wildman–Crippen LogP) is 4.08. The van der Waals surface area contributed by atoms with Gasteiger partial charge in [0.1, 0.15) is 0 Å². The molecule has 0 radical (unpaired) electrons. The van der Waals surface area contributed by atoms with Gasteiger partial charge in [-0.3, -0.25) is 4.72 Å². The minimum atomic E-state index is -3.25. The summed E-state index contributed by atoms with van der Waals surface area (Å²) in [4.78, 5) is 1.07. The van der Waals surface area contributed by atoms with Gasteiger partial charge in [-0.2, -0.15) is 0 Å². The molecule has 114 valence electrons. The van der Waals surface area contributed by atoms with Crippen molar-refractivity contribution in [3.63, 3.8) is 0 Å². The van der Waals surface area contributed by atoms with E-state index in [0.29, 0.717) is 12.2 Å². The van der Waals surface area contributed by atoms with Crippen molar-refractivity contribution in [2.45, 2.75) is 20.4 Å². The van der Waals surface area contributed by atoms with Crippen LogP contribution in [0.3, 0.4) is 0 Å². The number of thiophene rings is 1. The van der Waals surface area contributed by atoms with Crippen LogP contribution < -0.4 is 10.0 Å². The second-order valence-electron chi connectivity index (χ2n) is 4.58. The number of halogens is 1. The van der Waals surface area contributed by atoms with Crippen LogP contribution in [-0.2, 0) is 16.6 Å². The van der Waals surface area contributed by atoms with Gasteiger partial charge in [-0.25, -0.2) is 8.42 Å². The molecule has 1 aromatic carbocycles. The molecule has 0 aliphatic heterocycles. The number of aryl methyl sites for hydroxylation is 1. The Morgan fingerprint density at radius 2 is 2.05 bits per heavy atom. The third-order valence-electron chi connectivity index (χ3n) is 3.02. The van der Waals surface area contributed by atoms with Crippen molar-refractivity contribution in [3.8, 4) is 0 Å². The highest BCUT2D eigenvalue weighted by Gasteiger charge is 2.09. The van der Waals surface area contributed by atoms with Crippen LogP contribution in [0.4, 0.5) is 11.4 Å². The van der Waals surface area contributed by atoms with E-state index in [0.717, 1.165) is 21.2 Å². The van der Waals surface area contributed by atoms with Crippen molar-refractivity contribution in [1.82, 2.24) is 0 Å². The first-order valence-electron chi connectivity index (χ1n) is 6.48. The van der Waals surface area contributed by atoms with Gasteiger partial charge in [0.25, 0.3) is 0 Å². The molecule has 0 saturated carbocycles. The van der Waals surface area contributed by atoms with Crippen molar-refractivity contribution in [2.24, 2.45) is 0 Å². The Hall–Kier alpha value is -1.24. The van der Waals surface area contributed by atoms with Gasteiger partial charge in [-0.05, 0) is 49.1 Å². The van der Waals surface area contributed by atoms with Crippen molar-refractivity contribution in [3.05, 3.63) is 45.1 Å². The zero-order chi connectivity index (χ0) is 15.5. The second kappa shape index (κ2) is 6.68.